The van der Waals surface area contributed by atoms with Crippen LogP contribution in [-0.2, 0) is 5.41 Å². The van der Waals surface area contributed by atoms with Gasteiger partial charge in [-0.15, -0.1) is 0 Å². The van der Waals surface area contributed by atoms with Gasteiger partial charge >= 0.3 is 7.69 Å². The van der Waals surface area contributed by atoms with E-state index in [0.29, 0.717) is 0 Å². The number of rotatable bonds is 2. The summed E-state index contributed by atoms with van der Waals surface area (Å²) in [6.07, 6.45) is 0. The van der Waals surface area contributed by atoms with E-state index in [0.717, 1.165) is 0 Å². The minimum absolute atomic E-state index is 0. The topological polar surface area (TPSA) is 84.2 Å². The molecule has 0 fully saturated rings. The maximum Gasteiger partial charge on any atom is 0.482 e. The molecule has 0 saturated heterocycles. The fraction of sp³-hybridized carbons (Fsp3) is 0.333. The number of benzene rings is 3. The number of anilines is 3. The summed E-state index contributed by atoms with van der Waals surface area (Å²) in [5.74, 6) is 0. The quantitative estimate of drug-likeness (QED) is 0.422. The molecule has 3 aromatic rings. The van der Waals surface area contributed by atoms with E-state index in [2.05, 4.69) is 97.6 Å². The first-order valence-corrected chi connectivity index (χ1v) is 10.9. The number of hydrogen-bond donors (Lipinski definition) is 4. The molecule has 6 heteroatoms. The zero-order chi connectivity index (χ0) is 24.9. The number of para-hydroxylation sites is 3. The van der Waals surface area contributed by atoms with Crippen LogP contribution in [0.25, 0.3) is 0 Å². The molecule has 0 bridgehead atoms. The molecule has 0 spiro atoms. The summed E-state index contributed by atoms with van der Waals surface area (Å²) in [6.45, 7) is 10.9. The molecule has 0 saturated carbocycles. The molecule has 3 aromatic carbocycles. The Morgan fingerprint density at radius 1 is 0.636 bits per heavy atom. The van der Waals surface area contributed by atoms with E-state index in [4.69, 9.17) is 20.3 Å². The van der Waals surface area contributed by atoms with E-state index in [1.54, 1.807) is 27.7 Å². The summed E-state index contributed by atoms with van der Waals surface area (Å²) in [4.78, 5) is 2.37. The molecule has 0 aromatic heterocycles. The van der Waals surface area contributed by atoms with Gasteiger partial charge in [0.2, 0.25) is 0 Å². The normalized spacial score (nSPS) is 13.9. The molecule has 4 N–H and O–H groups in total. The van der Waals surface area contributed by atoms with Crippen LogP contribution in [0, 0.1) is 0 Å². The van der Waals surface area contributed by atoms with E-state index in [-0.39, 0.29) is 13.1 Å². The first-order chi connectivity index (χ1) is 15.4. The predicted octanol–water partition coefficient (Wildman–Crippen LogP) is 4.83. The van der Waals surface area contributed by atoms with Crippen molar-refractivity contribution in [1.82, 2.24) is 0 Å². The summed E-state index contributed by atoms with van der Waals surface area (Å²) in [5.41, 5.74) is 4.50. The van der Waals surface area contributed by atoms with E-state index in [1.807, 2.05) is 0 Å². The van der Waals surface area contributed by atoms with Gasteiger partial charge in [-0.25, -0.2) is 0 Å². The molecular weight excluding hydrogens is 413 g/mol. The third-order valence-electron chi connectivity index (χ3n) is 6.15. The largest absolute Gasteiger partial charge is 0.482 e. The highest BCUT2D eigenvalue weighted by Crippen LogP contribution is 2.51. The SMILES string of the molecule is CC(C)(O)C(C)(C)O.CC1(C)c2ccccc2N(c2ccccc2)c2ccccc21.O[B]O. The molecule has 175 valence electrons. The van der Waals surface area contributed by atoms with Gasteiger partial charge in [0.1, 0.15) is 0 Å². The monoisotopic (exact) mass is 448 g/mol. The number of nitrogens with zero attached hydrogens (tertiary/aromatic N) is 1. The van der Waals surface area contributed by atoms with Crippen LogP contribution >= 0.6 is 0 Å². The van der Waals surface area contributed by atoms with Gasteiger partial charge in [0, 0.05) is 11.1 Å². The fourth-order valence-electron chi connectivity index (χ4n) is 3.52. The predicted molar refractivity (Wildman–Crippen MR) is 136 cm³/mol. The molecule has 33 heavy (non-hydrogen) atoms. The van der Waals surface area contributed by atoms with Crippen molar-refractivity contribution < 1.29 is 20.3 Å². The minimum atomic E-state index is -1.01. The Morgan fingerprint density at radius 3 is 1.33 bits per heavy atom. The average molecular weight is 448 g/mol. The van der Waals surface area contributed by atoms with Crippen LogP contribution in [0.3, 0.4) is 0 Å². The number of fused-ring (bicyclic) bond motifs is 2. The summed E-state index contributed by atoms with van der Waals surface area (Å²) in [6, 6.07) is 28.1. The molecule has 0 unspecified atom stereocenters. The minimum Gasteiger partial charge on any atom is -0.429 e. The van der Waals surface area contributed by atoms with Crippen LogP contribution in [0.5, 0.6) is 0 Å². The standard InChI is InChI=1S/C21H19N.C6H14O2.BH2O2/c1-21(2)17-12-6-8-14-19(17)22(16-10-4-3-5-11-16)20-15-9-7-13-18(20)21;1-5(2,7)6(3,4)8;2-1-3/h3-15H,1-2H3;7-8H,1-4H3;2-3H. The molecule has 1 aliphatic heterocycles. The second-order valence-corrected chi connectivity index (χ2v) is 9.56. The lowest BCUT2D eigenvalue weighted by atomic mass is 9.73. The number of aliphatic hydroxyl groups is 2. The van der Waals surface area contributed by atoms with E-state index in [1.165, 1.54) is 28.2 Å². The summed E-state index contributed by atoms with van der Waals surface area (Å²) in [7, 11) is 0. The Bertz CT molecular complexity index is 963. The lowest BCUT2D eigenvalue weighted by Gasteiger charge is -2.42. The van der Waals surface area contributed by atoms with Gasteiger partial charge in [0.05, 0.1) is 22.6 Å². The van der Waals surface area contributed by atoms with Gasteiger partial charge in [0.15, 0.2) is 0 Å². The summed E-state index contributed by atoms with van der Waals surface area (Å²) in [5, 5.41) is 32.2. The molecule has 1 radical (unpaired) electrons. The summed E-state index contributed by atoms with van der Waals surface area (Å²) < 4.78 is 0. The molecule has 0 aliphatic carbocycles. The third kappa shape index (κ3) is 6.03. The smallest absolute Gasteiger partial charge is 0.429 e. The second kappa shape index (κ2) is 10.5. The Labute approximate surface area is 198 Å². The van der Waals surface area contributed by atoms with Crippen molar-refractivity contribution in [2.45, 2.75) is 58.2 Å². The van der Waals surface area contributed by atoms with Crippen LogP contribution in [0.4, 0.5) is 17.1 Å². The third-order valence-corrected chi connectivity index (χ3v) is 6.15. The van der Waals surface area contributed by atoms with E-state index < -0.39 is 11.2 Å². The van der Waals surface area contributed by atoms with Crippen molar-refractivity contribution in [3.05, 3.63) is 90.0 Å². The van der Waals surface area contributed by atoms with Gasteiger partial charge in [-0.05, 0) is 63.1 Å². The van der Waals surface area contributed by atoms with E-state index in [9.17, 15) is 0 Å². The first-order valence-electron chi connectivity index (χ1n) is 10.9. The van der Waals surface area contributed by atoms with Crippen LogP contribution in [0.1, 0.15) is 52.7 Å². The lowest BCUT2D eigenvalue weighted by molar-refractivity contribution is -0.107. The Balaban J connectivity index is 0.000000297. The Hall–Kier alpha value is -2.64. The van der Waals surface area contributed by atoms with Gasteiger partial charge < -0.3 is 25.2 Å². The molecular formula is C27H35BNO4. The van der Waals surface area contributed by atoms with Gasteiger partial charge in [-0.1, -0.05) is 68.4 Å². The van der Waals surface area contributed by atoms with Crippen molar-refractivity contribution >= 4 is 24.7 Å². The first kappa shape index (κ1) is 26.6. The molecule has 0 atom stereocenters. The average Bonchev–Trinajstić information content (AvgIpc) is 2.75. The Morgan fingerprint density at radius 2 is 0.970 bits per heavy atom. The maximum atomic E-state index is 9.10. The van der Waals surface area contributed by atoms with Gasteiger partial charge in [-0.3, -0.25) is 0 Å². The van der Waals surface area contributed by atoms with Crippen molar-refractivity contribution in [2.75, 3.05) is 4.90 Å². The maximum absolute atomic E-state index is 9.10. The molecule has 5 nitrogen and oxygen atoms in total. The van der Waals surface area contributed by atoms with Crippen LogP contribution in [0.2, 0.25) is 0 Å². The van der Waals surface area contributed by atoms with Gasteiger partial charge in [0.25, 0.3) is 0 Å². The van der Waals surface area contributed by atoms with Crippen molar-refractivity contribution in [3.8, 4) is 0 Å². The fourth-order valence-corrected chi connectivity index (χ4v) is 3.52. The lowest BCUT2D eigenvalue weighted by Crippen LogP contribution is -2.44. The van der Waals surface area contributed by atoms with Crippen LogP contribution < -0.4 is 4.90 Å². The van der Waals surface area contributed by atoms with Crippen molar-refractivity contribution in [1.29, 1.82) is 0 Å². The Kier molecular flexibility index (Phi) is 8.49. The van der Waals surface area contributed by atoms with Crippen molar-refractivity contribution in [3.63, 3.8) is 0 Å². The molecule has 4 rings (SSSR count). The highest BCUT2D eigenvalue weighted by atomic mass is 16.4. The zero-order valence-electron chi connectivity index (χ0n) is 20.3. The van der Waals surface area contributed by atoms with Crippen molar-refractivity contribution in [2.24, 2.45) is 0 Å². The van der Waals surface area contributed by atoms with Crippen LogP contribution in [0.15, 0.2) is 78.9 Å². The molecule has 0 amide bonds. The summed E-state index contributed by atoms with van der Waals surface area (Å²) >= 11 is 0. The van der Waals surface area contributed by atoms with E-state index >= 15 is 0 Å². The molecule has 1 aliphatic rings. The highest BCUT2D eigenvalue weighted by Gasteiger charge is 2.36. The molecule has 1 heterocycles. The number of hydrogen-bond acceptors (Lipinski definition) is 5. The highest BCUT2D eigenvalue weighted by molar-refractivity contribution is 6.13. The van der Waals surface area contributed by atoms with Crippen LogP contribution in [-0.4, -0.2) is 39.1 Å². The second-order valence-electron chi connectivity index (χ2n) is 9.56. The van der Waals surface area contributed by atoms with Gasteiger partial charge in [-0.2, -0.15) is 0 Å². The zero-order valence-corrected chi connectivity index (χ0v) is 20.3.